The Kier molecular flexibility index (Phi) is 8.06. The highest BCUT2D eigenvalue weighted by Gasteiger charge is 2.18. The Hall–Kier alpha value is -2.42. The van der Waals surface area contributed by atoms with E-state index in [1.165, 1.54) is 12.1 Å². The average Bonchev–Trinajstić information content (AvgIpc) is 3.01. The zero-order chi connectivity index (χ0) is 22.3. The van der Waals surface area contributed by atoms with Crippen LogP contribution in [0.3, 0.4) is 0 Å². The molecule has 1 heterocycles. The lowest BCUT2D eigenvalue weighted by molar-refractivity contribution is -0.115. The van der Waals surface area contributed by atoms with Crippen LogP contribution in [0.4, 0.5) is 5.69 Å². The van der Waals surface area contributed by atoms with Crippen LogP contribution in [-0.4, -0.2) is 33.3 Å². The third-order valence-corrected chi connectivity index (χ3v) is 6.72. The number of hydrogen-bond acceptors (Lipinski definition) is 5. The van der Waals surface area contributed by atoms with E-state index in [0.29, 0.717) is 29.5 Å². The molecule has 9 heteroatoms. The lowest BCUT2D eigenvalue weighted by atomic mass is 10.1. The molecule has 2 aromatic carbocycles. The Balaban J connectivity index is 1.60. The smallest absolute Gasteiger partial charge is 0.262 e. The molecule has 166 valence electrons. The number of hydrogen-bond donors (Lipinski definition) is 3. The third kappa shape index (κ3) is 6.78. The van der Waals surface area contributed by atoms with Crippen LogP contribution < -0.4 is 15.4 Å². The van der Waals surface area contributed by atoms with Crippen LogP contribution in [-0.2, 0) is 14.8 Å². The minimum atomic E-state index is -3.76. The minimum Gasteiger partial charge on any atom is -0.325 e. The van der Waals surface area contributed by atoms with Crippen molar-refractivity contribution in [3.8, 4) is 0 Å². The van der Waals surface area contributed by atoms with Crippen molar-refractivity contribution >= 4 is 39.1 Å². The third-order valence-electron chi connectivity index (χ3n) is 5.00. The van der Waals surface area contributed by atoms with Gasteiger partial charge in [-0.1, -0.05) is 42.3 Å². The molecule has 0 radical (unpaired) electrons. The first-order valence-corrected chi connectivity index (χ1v) is 12.1. The Morgan fingerprint density at radius 2 is 1.94 bits per heavy atom. The highest BCUT2D eigenvalue weighted by atomic mass is 35.5. The van der Waals surface area contributed by atoms with Gasteiger partial charge < -0.3 is 10.6 Å². The molecule has 0 fully saturated rings. The number of carbonyl (C=O) groups is 1. The van der Waals surface area contributed by atoms with E-state index in [1.54, 1.807) is 18.2 Å². The van der Waals surface area contributed by atoms with E-state index >= 15 is 0 Å². The van der Waals surface area contributed by atoms with E-state index in [-0.39, 0.29) is 23.4 Å². The average molecular weight is 463 g/mol. The summed E-state index contributed by atoms with van der Waals surface area (Å²) in [4.78, 5) is 16.8. The van der Waals surface area contributed by atoms with E-state index in [9.17, 15) is 13.2 Å². The maximum Gasteiger partial charge on any atom is 0.262 e. The number of amides is 1. The molecular formula is C22H27ClN4O3S. The lowest BCUT2D eigenvalue weighted by Crippen LogP contribution is -2.31. The number of halogens is 1. The molecule has 2 aromatic rings. The van der Waals surface area contributed by atoms with Gasteiger partial charge in [0.1, 0.15) is 5.84 Å². The summed E-state index contributed by atoms with van der Waals surface area (Å²) in [5, 5.41) is 6.49. The van der Waals surface area contributed by atoms with Gasteiger partial charge in [0.25, 0.3) is 10.0 Å². The van der Waals surface area contributed by atoms with Gasteiger partial charge in [-0.25, -0.2) is 8.42 Å². The zero-order valence-electron chi connectivity index (χ0n) is 17.4. The normalized spacial score (nSPS) is 15.5. The second-order valence-electron chi connectivity index (χ2n) is 7.44. The monoisotopic (exact) mass is 462 g/mol. The fourth-order valence-corrected chi connectivity index (χ4v) is 4.73. The maximum absolute atomic E-state index is 12.7. The fraction of sp³-hybridized carbons (Fsp3) is 0.364. The topological polar surface area (TPSA) is 99.7 Å². The first-order chi connectivity index (χ1) is 14.8. The van der Waals surface area contributed by atoms with Gasteiger partial charge in [0, 0.05) is 29.7 Å². The first kappa shape index (κ1) is 23.2. The molecule has 1 amide bonds. The molecule has 0 unspecified atom stereocenters. The summed E-state index contributed by atoms with van der Waals surface area (Å²) in [5.41, 5.74) is 1.31. The van der Waals surface area contributed by atoms with Crippen LogP contribution in [0.15, 0.2) is 58.4 Å². The summed E-state index contributed by atoms with van der Waals surface area (Å²) in [6, 6.07) is 13.5. The second kappa shape index (κ2) is 10.7. The Morgan fingerprint density at radius 3 is 2.74 bits per heavy atom. The number of rotatable bonds is 7. The van der Waals surface area contributed by atoms with Gasteiger partial charge in [-0.15, -0.1) is 0 Å². The molecule has 1 aliphatic rings. The van der Waals surface area contributed by atoms with Crippen molar-refractivity contribution < 1.29 is 13.2 Å². The minimum absolute atomic E-state index is 0.0540. The number of aliphatic imine (C=N–C) groups is 1. The predicted molar refractivity (Wildman–Crippen MR) is 124 cm³/mol. The molecule has 31 heavy (non-hydrogen) atoms. The number of sulfonamides is 1. The summed E-state index contributed by atoms with van der Waals surface area (Å²) in [5.74, 6) is 0.208. The van der Waals surface area contributed by atoms with Crippen molar-refractivity contribution in [2.75, 3.05) is 18.4 Å². The van der Waals surface area contributed by atoms with Gasteiger partial charge in [-0.2, -0.15) is 0 Å². The largest absolute Gasteiger partial charge is 0.325 e. The number of carbonyl (C=O) groups excluding carboxylic acids is 1. The maximum atomic E-state index is 12.7. The second-order valence-corrected chi connectivity index (χ2v) is 9.53. The van der Waals surface area contributed by atoms with Crippen LogP contribution in [0.1, 0.15) is 44.2 Å². The van der Waals surface area contributed by atoms with Crippen molar-refractivity contribution in [2.45, 2.75) is 43.5 Å². The molecule has 3 N–H and O–H groups in total. The molecule has 0 aliphatic carbocycles. The Morgan fingerprint density at radius 1 is 1.13 bits per heavy atom. The van der Waals surface area contributed by atoms with Crippen LogP contribution in [0.2, 0.25) is 5.02 Å². The summed E-state index contributed by atoms with van der Waals surface area (Å²) in [6.45, 7) is 2.61. The van der Waals surface area contributed by atoms with Crippen molar-refractivity contribution in [2.24, 2.45) is 4.99 Å². The Bertz CT molecular complexity index is 1060. The summed E-state index contributed by atoms with van der Waals surface area (Å²) < 4.78 is 28.0. The molecule has 7 nitrogen and oxygen atoms in total. The number of nitrogens with one attached hydrogen (secondary N) is 3. The SMILES string of the molecule is C[C@@H](NCC(=O)Nc1cccc(S(=O)(=O)NC2=NCCCCC2)c1)c1ccccc1Cl. The van der Waals surface area contributed by atoms with E-state index < -0.39 is 10.0 Å². The van der Waals surface area contributed by atoms with Crippen molar-refractivity contribution in [1.82, 2.24) is 10.0 Å². The van der Waals surface area contributed by atoms with Gasteiger partial charge in [0.05, 0.1) is 11.4 Å². The molecule has 0 aromatic heterocycles. The number of anilines is 1. The van der Waals surface area contributed by atoms with Crippen molar-refractivity contribution in [1.29, 1.82) is 0 Å². The zero-order valence-corrected chi connectivity index (χ0v) is 19.0. The van der Waals surface area contributed by atoms with Crippen molar-refractivity contribution in [3.05, 3.63) is 59.1 Å². The van der Waals surface area contributed by atoms with Gasteiger partial charge in [0.15, 0.2) is 0 Å². The molecule has 3 rings (SSSR count). The molecule has 0 bridgehead atoms. The van der Waals surface area contributed by atoms with Gasteiger partial charge in [-0.05, 0) is 49.6 Å². The summed E-state index contributed by atoms with van der Waals surface area (Å²) in [7, 11) is -3.76. The van der Waals surface area contributed by atoms with E-state index in [0.717, 1.165) is 24.8 Å². The van der Waals surface area contributed by atoms with E-state index in [2.05, 4.69) is 20.3 Å². The summed E-state index contributed by atoms with van der Waals surface area (Å²) in [6.07, 6.45) is 3.54. The lowest BCUT2D eigenvalue weighted by Gasteiger charge is -2.16. The van der Waals surface area contributed by atoms with Crippen LogP contribution in [0.25, 0.3) is 0 Å². The first-order valence-electron chi connectivity index (χ1n) is 10.3. The molecule has 0 saturated heterocycles. The Labute approximate surface area is 188 Å². The number of nitrogens with zero attached hydrogens (tertiary/aromatic N) is 1. The van der Waals surface area contributed by atoms with Crippen LogP contribution in [0, 0.1) is 0 Å². The van der Waals surface area contributed by atoms with E-state index in [1.807, 2.05) is 25.1 Å². The standard InChI is InChI=1S/C22H27ClN4O3S/c1-16(19-10-4-5-11-20(19)23)25-15-22(28)26-17-8-7-9-18(14-17)31(29,30)27-21-12-3-2-6-13-24-21/h4-5,7-11,14,16,25H,2-3,6,12-13,15H2,1H3,(H,24,27)(H,26,28)/t16-/m1/s1. The molecule has 0 spiro atoms. The fourth-order valence-electron chi connectivity index (χ4n) is 3.30. The van der Waals surface area contributed by atoms with E-state index in [4.69, 9.17) is 11.6 Å². The van der Waals surface area contributed by atoms with Gasteiger partial charge in [0.2, 0.25) is 5.91 Å². The van der Waals surface area contributed by atoms with Gasteiger partial charge >= 0.3 is 0 Å². The highest BCUT2D eigenvalue weighted by molar-refractivity contribution is 7.90. The molecule has 1 atom stereocenters. The number of benzene rings is 2. The molecule has 0 saturated carbocycles. The molecule has 1 aliphatic heterocycles. The quantitative estimate of drug-likeness (QED) is 0.581. The number of amidine groups is 1. The summed E-state index contributed by atoms with van der Waals surface area (Å²) >= 11 is 6.19. The molecular weight excluding hydrogens is 436 g/mol. The van der Waals surface area contributed by atoms with Crippen LogP contribution >= 0.6 is 11.6 Å². The van der Waals surface area contributed by atoms with Gasteiger partial charge in [-0.3, -0.25) is 14.5 Å². The van der Waals surface area contributed by atoms with Crippen molar-refractivity contribution in [3.63, 3.8) is 0 Å². The predicted octanol–water partition coefficient (Wildman–Crippen LogP) is 3.88. The highest BCUT2D eigenvalue weighted by Crippen LogP contribution is 2.22. The van der Waals surface area contributed by atoms with Crippen LogP contribution in [0.5, 0.6) is 0 Å².